The largest absolute Gasteiger partial charge is 0.526 e. The first-order valence-corrected chi connectivity index (χ1v) is 5.36. The van der Waals surface area contributed by atoms with Crippen LogP contribution in [0.4, 0.5) is 0 Å². The van der Waals surface area contributed by atoms with E-state index in [2.05, 4.69) is 4.98 Å². The Morgan fingerprint density at radius 2 is 1.47 bits per heavy atom. The van der Waals surface area contributed by atoms with Crippen LogP contribution >= 0.6 is 0 Å². The Morgan fingerprint density at radius 1 is 0.895 bits per heavy atom. The van der Waals surface area contributed by atoms with Crippen molar-refractivity contribution >= 4 is 0 Å². The van der Waals surface area contributed by atoms with Crippen molar-refractivity contribution in [3.8, 4) is 0 Å². The normalized spacial score (nSPS) is 10.9. The lowest BCUT2D eigenvalue weighted by molar-refractivity contribution is -0.797. The van der Waals surface area contributed by atoms with Gasteiger partial charge in [0.2, 0.25) is 5.69 Å². The van der Waals surface area contributed by atoms with Crippen molar-refractivity contribution in [2.24, 2.45) is 0 Å². The maximum Gasteiger partial charge on any atom is 0.526 e. The number of hydrogen-bond acceptors (Lipinski definition) is 5. The summed E-state index contributed by atoms with van der Waals surface area (Å²) in [5, 5.41) is 22.8. The molecule has 1 aromatic carbocycles. The number of nitrogens with zero attached hydrogens (tertiary/aromatic N) is 3. The van der Waals surface area contributed by atoms with Crippen LogP contribution in [0.5, 0.6) is 0 Å². The standard InChI is InChI=1S/C12H9N3O4/c16-14(17)12(15(18)19,10-6-2-1-3-7-10)11-8-4-5-9-13-11/h1-9H. The van der Waals surface area contributed by atoms with Gasteiger partial charge in [-0.25, -0.2) is 4.98 Å². The molecule has 0 amide bonds. The summed E-state index contributed by atoms with van der Waals surface area (Å²) in [5.41, 5.74) is -2.84. The van der Waals surface area contributed by atoms with Gasteiger partial charge in [0.25, 0.3) is 0 Å². The van der Waals surface area contributed by atoms with Crippen LogP contribution in [0.3, 0.4) is 0 Å². The van der Waals surface area contributed by atoms with Gasteiger partial charge < -0.3 is 0 Å². The van der Waals surface area contributed by atoms with E-state index in [4.69, 9.17) is 0 Å². The van der Waals surface area contributed by atoms with Crippen molar-refractivity contribution in [3.63, 3.8) is 0 Å². The van der Waals surface area contributed by atoms with Crippen LogP contribution in [-0.2, 0) is 5.66 Å². The van der Waals surface area contributed by atoms with Crippen LogP contribution in [0.2, 0.25) is 0 Å². The molecule has 1 aromatic heterocycles. The van der Waals surface area contributed by atoms with E-state index < -0.39 is 15.5 Å². The fraction of sp³-hybridized carbons (Fsp3) is 0.0833. The highest BCUT2D eigenvalue weighted by molar-refractivity contribution is 5.28. The first-order chi connectivity index (χ1) is 9.10. The molecule has 0 aliphatic heterocycles. The fourth-order valence-corrected chi connectivity index (χ4v) is 1.85. The third-order valence-electron chi connectivity index (χ3n) is 2.73. The summed E-state index contributed by atoms with van der Waals surface area (Å²) in [6.45, 7) is 0. The maximum absolute atomic E-state index is 11.4. The van der Waals surface area contributed by atoms with Gasteiger partial charge in [0.05, 0.1) is 0 Å². The second kappa shape index (κ2) is 4.81. The molecule has 0 aliphatic rings. The molecule has 2 rings (SSSR count). The molecule has 2 aromatic rings. The quantitative estimate of drug-likeness (QED) is 0.473. The first-order valence-electron chi connectivity index (χ1n) is 5.36. The molecule has 19 heavy (non-hydrogen) atoms. The Morgan fingerprint density at radius 3 is 1.95 bits per heavy atom. The van der Waals surface area contributed by atoms with Gasteiger partial charge in [0, 0.05) is 6.20 Å². The third kappa shape index (κ3) is 1.90. The van der Waals surface area contributed by atoms with Crippen LogP contribution in [-0.4, -0.2) is 14.8 Å². The van der Waals surface area contributed by atoms with Gasteiger partial charge in [0.15, 0.2) is 0 Å². The van der Waals surface area contributed by atoms with E-state index in [9.17, 15) is 20.2 Å². The van der Waals surface area contributed by atoms with Gasteiger partial charge in [-0.05, 0) is 24.3 Å². The molecule has 7 nitrogen and oxygen atoms in total. The first kappa shape index (κ1) is 12.6. The van der Waals surface area contributed by atoms with Gasteiger partial charge in [-0.2, -0.15) is 0 Å². The highest BCUT2D eigenvalue weighted by Gasteiger charge is 2.61. The van der Waals surface area contributed by atoms with Gasteiger partial charge >= 0.3 is 5.66 Å². The number of pyridine rings is 1. The van der Waals surface area contributed by atoms with E-state index in [1.807, 2.05) is 0 Å². The van der Waals surface area contributed by atoms with E-state index in [0.29, 0.717) is 0 Å². The van der Waals surface area contributed by atoms with Gasteiger partial charge in [-0.15, -0.1) is 0 Å². The molecule has 1 heterocycles. The molecule has 0 radical (unpaired) electrons. The number of rotatable bonds is 4. The summed E-state index contributed by atoms with van der Waals surface area (Å²) in [6.07, 6.45) is 1.29. The summed E-state index contributed by atoms with van der Waals surface area (Å²) in [4.78, 5) is 24.7. The molecule has 0 bridgehead atoms. The van der Waals surface area contributed by atoms with Crippen molar-refractivity contribution in [3.05, 3.63) is 86.2 Å². The predicted octanol–water partition coefficient (Wildman–Crippen LogP) is 1.84. The minimum Gasteiger partial charge on any atom is -0.258 e. The molecular formula is C12H9N3O4. The Balaban J connectivity index is 2.77. The number of aromatic nitrogens is 1. The summed E-state index contributed by atoms with van der Waals surface area (Å²) in [6, 6.07) is 11.7. The summed E-state index contributed by atoms with van der Waals surface area (Å²) < 4.78 is 0. The van der Waals surface area contributed by atoms with Crippen molar-refractivity contribution < 1.29 is 9.85 Å². The topological polar surface area (TPSA) is 99.2 Å². The Hall–Kier alpha value is -2.83. The molecule has 0 fully saturated rings. The van der Waals surface area contributed by atoms with E-state index in [-0.39, 0.29) is 11.3 Å². The Labute approximate surface area is 107 Å². The van der Waals surface area contributed by atoms with Crippen molar-refractivity contribution in [1.82, 2.24) is 4.98 Å². The molecule has 0 unspecified atom stereocenters. The van der Waals surface area contributed by atoms with E-state index >= 15 is 0 Å². The minimum atomic E-state index is -2.58. The lowest BCUT2D eigenvalue weighted by Gasteiger charge is -2.16. The van der Waals surface area contributed by atoms with Crippen molar-refractivity contribution in [2.75, 3.05) is 0 Å². The van der Waals surface area contributed by atoms with Crippen LogP contribution < -0.4 is 0 Å². The SMILES string of the molecule is O=[N+]([O-])C(c1ccccc1)(c1ccccn1)[N+](=O)[O-]. The van der Waals surface area contributed by atoms with Crippen molar-refractivity contribution in [2.45, 2.75) is 5.66 Å². The molecule has 0 spiro atoms. The average Bonchev–Trinajstić information content (AvgIpc) is 2.41. The predicted molar refractivity (Wildman–Crippen MR) is 65.4 cm³/mol. The van der Waals surface area contributed by atoms with Crippen LogP contribution in [0, 0.1) is 20.2 Å². The summed E-state index contributed by atoms with van der Waals surface area (Å²) in [5.74, 6) is 0. The van der Waals surface area contributed by atoms with E-state index in [1.54, 1.807) is 12.1 Å². The van der Waals surface area contributed by atoms with Gasteiger partial charge in [0.1, 0.15) is 15.4 Å². The van der Waals surface area contributed by atoms with Crippen molar-refractivity contribution in [1.29, 1.82) is 0 Å². The van der Waals surface area contributed by atoms with Gasteiger partial charge in [-0.1, -0.05) is 24.3 Å². The number of benzene rings is 1. The van der Waals surface area contributed by atoms with Crippen LogP contribution in [0.15, 0.2) is 54.7 Å². The lowest BCUT2D eigenvalue weighted by atomic mass is 9.96. The second-order valence-electron chi connectivity index (χ2n) is 3.77. The second-order valence-corrected chi connectivity index (χ2v) is 3.77. The van der Waals surface area contributed by atoms with Crippen LogP contribution in [0.25, 0.3) is 0 Å². The Bertz CT molecular complexity index is 545. The zero-order chi connectivity index (χ0) is 13.9. The summed E-state index contributed by atoms with van der Waals surface area (Å²) >= 11 is 0. The number of nitro groups is 2. The van der Waals surface area contributed by atoms with Crippen LogP contribution in [0.1, 0.15) is 11.3 Å². The highest BCUT2D eigenvalue weighted by atomic mass is 16.7. The third-order valence-corrected chi connectivity index (χ3v) is 2.73. The maximum atomic E-state index is 11.4. The molecule has 0 saturated heterocycles. The molecule has 0 N–H and O–H groups in total. The zero-order valence-electron chi connectivity index (χ0n) is 9.67. The fourth-order valence-electron chi connectivity index (χ4n) is 1.85. The summed E-state index contributed by atoms with van der Waals surface area (Å²) in [7, 11) is 0. The monoisotopic (exact) mass is 259 g/mol. The molecule has 0 aliphatic carbocycles. The molecule has 0 atom stereocenters. The molecule has 96 valence electrons. The smallest absolute Gasteiger partial charge is 0.258 e. The molecular weight excluding hydrogens is 250 g/mol. The minimum absolute atomic E-state index is 0.0382. The Kier molecular flexibility index (Phi) is 3.19. The number of hydrogen-bond donors (Lipinski definition) is 0. The molecule has 7 heteroatoms. The lowest BCUT2D eigenvalue weighted by Crippen LogP contribution is -2.45. The molecule has 0 saturated carbocycles. The van der Waals surface area contributed by atoms with Gasteiger partial charge in [-0.3, -0.25) is 20.2 Å². The van der Waals surface area contributed by atoms with E-state index in [0.717, 1.165) is 0 Å². The average molecular weight is 259 g/mol. The highest BCUT2D eigenvalue weighted by Crippen LogP contribution is 2.32. The van der Waals surface area contributed by atoms with E-state index in [1.165, 1.54) is 42.6 Å². The zero-order valence-corrected chi connectivity index (χ0v) is 9.67.